The molecule has 0 N–H and O–H groups in total. The quantitative estimate of drug-likeness (QED) is 0.669. The van der Waals surface area contributed by atoms with E-state index in [1.165, 1.54) is 6.42 Å². The van der Waals surface area contributed by atoms with Crippen LogP contribution in [0.5, 0.6) is 0 Å². The lowest BCUT2D eigenvalue weighted by atomic mass is 9.99. The molecule has 2 atom stereocenters. The second-order valence-electron chi connectivity index (χ2n) is 4.38. The Morgan fingerprint density at radius 3 is 2.69 bits per heavy atom. The second-order valence-corrected chi connectivity index (χ2v) is 4.38. The minimum Gasteiger partial charge on any atom is -0.373 e. The third kappa shape index (κ3) is 2.68. The smallest absolute Gasteiger partial charge is 0.0779 e. The maximum absolute atomic E-state index is 5.80. The number of nitrogens with zero attached hydrogens (tertiary/aromatic N) is 1. The molecule has 1 heterocycles. The highest BCUT2D eigenvalue weighted by atomic mass is 16.5. The standard InChI is InChI=1S/C11H23NO/c1-5-10(3)12-7-8-13-11(4,6-2)9-12/h10H,5-9H2,1-4H3. The van der Waals surface area contributed by atoms with Gasteiger partial charge in [0.25, 0.3) is 0 Å². The van der Waals surface area contributed by atoms with E-state index in [0.29, 0.717) is 6.04 Å². The third-order valence-corrected chi connectivity index (χ3v) is 3.33. The molecule has 0 aromatic heterocycles. The third-order valence-electron chi connectivity index (χ3n) is 3.33. The van der Waals surface area contributed by atoms with Gasteiger partial charge >= 0.3 is 0 Å². The van der Waals surface area contributed by atoms with Gasteiger partial charge in [0.1, 0.15) is 0 Å². The first-order valence-corrected chi connectivity index (χ1v) is 5.49. The van der Waals surface area contributed by atoms with Crippen LogP contribution in [0.1, 0.15) is 40.5 Å². The molecule has 1 rings (SSSR count). The van der Waals surface area contributed by atoms with Crippen molar-refractivity contribution in [1.82, 2.24) is 4.90 Å². The normalized spacial score (nSPS) is 33.2. The van der Waals surface area contributed by atoms with Gasteiger partial charge in [0, 0.05) is 19.1 Å². The molecule has 78 valence electrons. The molecule has 2 heteroatoms. The number of hydrogen-bond acceptors (Lipinski definition) is 2. The van der Waals surface area contributed by atoms with Gasteiger partial charge in [-0.15, -0.1) is 0 Å². The highest BCUT2D eigenvalue weighted by Crippen LogP contribution is 2.22. The molecule has 0 aliphatic carbocycles. The first-order valence-electron chi connectivity index (χ1n) is 5.49. The summed E-state index contributed by atoms with van der Waals surface area (Å²) in [5.41, 5.74) is 0.0989. The number of rotatable bonds is 3. The molecule has 0 aromatic rings. The van der Waals surface area contributed by atoms with Gasteiger partial charge in [-0.05, 0) is 26.7 Å². The Kier molecular flexibility index (Phi) is 3.74. The monoisotopic (exact) mass is 185 g/mol. The Hall–Kier alpha value is -0.0800. The predicted molar refractivity (Wildman–Crippen MR) is 56.0 cm³/mol. The Morgan fingerprint density at radius 2 is 2.15 bits per heavy atom. The Bertz CT molecular complexity index is 160. The largest absolute Gasteiger partial charge is 0.373 e. The first-order chi connectivity index (χ1) is 6.11. The summed E-state index contributed by atoms with van der Waals surface area (Å²) in [7, 11) is 0. The summed E-state index contributed by atoms with van der Waals surface area (Å²) in [6, 6.07) is 0.703. The molecule has 0 saturated carbocycles. The van der Waals surface area contributed by atoms with Crippen LogP contribution in [0.2, 0.25) is 0 Å². The molecular weight excluding hydrogens is 162 g/mol. The van der Waals surface area contributed by atoms with E-state index in [1.807, 2.05) is 0 Å². The van der Waals surface area contributed by atoms with Crippen molar-refractivity contribution >= 4 is 0 Å². The van der Waals surface area contributed by atoms with E-state index in [1.54, 1.807) is 0 Å². The fourth-order valence-electron chi connectivity index (χ4n) is 1.81. The zero-order valence-corrected chi connectivity index (χ0v) is 9.47. The highest BCUT2D eigenvalue weighted by molar-refractivity contribution is 4.84. The lowest BCUT2D eigenvalue weighted by Crippen LogP contribution is -2.52. The Labute approximate surface area is 82.3 Å². The average Bonchev–Trinajstić information content (AvgIpc) is 2.17. The summed E-state index contributed by atoms with van der Waals surface area (Å²) in [5.74, 6) is 0. The van der Waals surface area contributed by atoms with Crippen molar-refractivity contribution in [2.45, 2.75) is 52.2 Å². The van der Waals surface area contributed by atoms with Crippen LogP contribution < -0.4 is 0 Å². The first kappa shape index (κ1) is 11.0. The van der Waals surface area contributed by atoms with Crippen LogP contribution in [-0.4, -0.2) is 36.2 Å². The zero-order valence-electron chi connectivity index (χ0n) is 9.47. The molecule has 0 radical (unpaired) electrons. The van der Waals surface area contributed by atoms with Crippen LogP contribution in [0.25, 0.3) is 0 Å². The molecule has 0 spiro atoms. The van der Waals surface area contributed by atoms with Crippen molar-refractivity contribution in [2.75, 3.05) is 19.7 Å². The average molecular weight is 185 g/mol. The molecule has 13 heavy (non-hydrogen) atoms. The summed E-state index contributed by atoms with van der Waals surface area (Å²) >= 11 is 0. The summed E-state index contributed by atoms with van der Waals surface area (Å²) < 4.78 is 5.80. The molecule has 1 aliphatic heterocycles. The topological polar surface area (TPSA) is 12.5 Å². The van der Waals surface area contributed by atoms with Crippen molar-refractivity contribution < 1.29 is 4.74 Å². The Morgan fingerprint density at radius 1 is 1.46 bits per heavy atom. The van der Waals surface area contributed by atoms with E-state index in [0.717, 1.165) is 26.1 Å². The molecular formula is C11H23NO. The fourth-order valence-corrected chi connectivity index (χ4v) is 1.81. The number of ether oxygens (including phenoxy) is 1. The van der Waals surface area contributed by atoms with Crippen LogP contribution in [-0.2, 0) is 4.74 Å². The fraction of sp³-hybridized carbons (Fsp3) is 1.00. The van der Waals surface area contributed by atoms with E-state index >= 15 is 0 Å². The number of morpholine rings is 1. The van der Waals surface area contributed by atoms with Gasteiger partial charge in [0.05, 0.1) is 12.2 Å². The van der Waals surface area contributed by atoms with Gasteiger partial charge in [-0.25, -0.2) is 0 Å². The van der Waals surface area contributed by atoms with Gasteiger partial charge in [0.15, 0.2) is 0 Å². The van der Waals surface area contributed by atoms with Crippen LogP contribution in [0.15, 0.2) is 0 Å². The molecule has 1 aliphatic rings. The lowest BCUT2D eigenvalue weighted by Gasteiger charge is -2.42. The summed E-state index contributed by atoms with van der Waals surface area (Å²) in [4.78, 5) is 2.55. The lowest BCUT2D eigenvalue weighted by molar-refractivity contribution is -0.108. The maximum Gasteiger partial charge on any atom is 0.0779 e. The minimum atomic E-state index is 0.0989. The minimum absolute atomic E-state index is 0.0989. The molecule has 0 bridgehead atoms. The Balaban J connectivity index is 2.51. The van der Waals surface area contributed by atoms with Crippen LogP contribution in [0.4, 0.5) is 0 Å². The van der Waals surface area contributed by atoms with Crippen LogP contribution >= 0.6 is 0 Å². The molecule has 2 nitrogen and oxygen atoms in total. The van der Waals surface area contributed by atoms with Gasteiger partial charge in [-0.2, -0.15) is 0 Å². The SMILES string of the molecule is CCC(C)N1CCOC(C)(CC)C1. The number of hydrogen-bond donors (Lipinski definition) is 0. The van der Waals surface area contributed by atoms with Gasteiger partial charge < -0.3 is 4.74 Å². The summed E-state index contributed by atoms with van der Waals surface area (Å²) in [6.45, 7) is 12.1. The molecule has 2 unspecified atom stereocenters. The van der Waals surface area contributed by atoms with Gasteiger partial charge in [-0.1, -0.05) is 13.8 Å². The molecule has 1 fully saturated rings. The maximum atomic E-state index is 5.80. The van der Waals surface area contributed by atoms with Crippen LogP contribution in [0, 0.1) is 0 Å². The van der Waals surface area contributed by atoms with Crippen molar-refractivity contribution in [1.29, 1.82) is 0 Å². The second kappa shape index (κ2) is 4.43. The summed E-state index contributed by atoms with van der Waals surface area (Å²) in [5, 5.41) is 0. The predicted octanol–water partition coefficient (Wildman–Crippen LogP) is 2.29. The van der Waals surface area contributed by atoms with Crippen molar-refractivity contribution in [3.8, 4) is 0 Å². The zero-order chi connectivity index (χ0) is 9.90. The van der Waals surface area contributed by atoms with E-state index in [2.05, 4.69) is 32.6 Å². The summed E-state index contributed by atoms with van der Waals surface area (Å²) in [6.07, 6.45) is 2.35. The van der Waals surface area contributed by atoms with E-state index in [4.69, 9.17) is 4.74 Å². The van der Waals surface area contributed by atoms with Gasteiger partial charge in [0.2, 0.25) is 0 Å². The molecule has 0 aromatic carbocycles. The van der Waals surface area contributed by atoms with Gasteiger partial charge in [-0.3, -0.25) is 4.90 Å². The van der Waals surface area contributed by atoms with Crippen LogP contribution in [0.3, 0.4) is 0 Å². The van der Waals surface area contributed by atoms with E-state index < -0.39 is 0 Å². The highest BCUT2D eigenvalue weighted by Gasteiger charge is 2.31. The molecule has 1 saturated heterocycles. The van der Waals surface area contributed by atoms with E-state index in [-0.39, 0.29) is 5.60 Å². The van der Waals surface area contributed by atoms with E-state index in [9.17, 15) is 0 Å². The van der Waals surface area contributed by atoms with Crippen molar-refractivity contribution in [2.24, 2.45) is 0 Å². The molecule has 0 amide bonds. The van der Waals surface area contributed by atoms with Crippen molar-refractivity contribution in [3.63, 3.8) is 0 Å². The van der Waals surface area contributed by atoms with Crippen molar-refractivity contribution in [3.05, 3.63) is 0 Å².